The van der Waals surface area contributed by atoms with Crippen molar-refractivity contribution in [3.8, 4) is 11.8 Å². The van der Waals surface area contributed by atoms with Crippen LogP contribution in [0, 0.1) is 22.7 Å². The van der Waals surface area contributed by atoms with E-state index in [1.54, 1.807) is 13.2 Å². The van der Waals surface area contributed by atoms with Gasteiger partial charge in [0.15, 0.2) is 0 Å². The van der Waals surface area contributed by atoms with Crippen LogP contribution in [0.3, 0.4) is 0 Å². The number of nitriles is 1. The van der Waals surface area contributed by atoms with Gasteiger partial charge in [-0.1, -0.05) is 13.8 Å². The molecule has 1 N–H and O–H groups in total. The molecule has 1 aliphatic rings. The summed E-state index contributed by atoms with van der Waals surface area (Å²) in [4.78, 5) is 0. The molecule has 0 bridgehead atoms. The molecule has 102 valence electrons. The van der Waals surface area contributed by atoms with Gasteiger partial charge in [-0.2, -0.15) is 5.26 Å². The van der Waals surface area contributed by atoms with Gasteiger partial charge >= 0.3 is 0 Å². The molecule has 0 aliphatic heterocycles. The van der Waals surface area contributed by atoms with Crippen molar-refractivity contribution >= 4 is 0 Å². The summed E-state index contributed by atoms with van der Waals surface area (Å²) in [6, 6.07) is 7.73. The molecule has 0 unspecified atom stereocenters. The van der Waals surface area contributed by atoms with Gasteiger partial charge < -0.3 is 10.1 Å². The van der Waals surface area contributed by atoms with Crippen LogP contribution in [0.1, 0.15) is 37.8 Å². The van der Waals surface area contributed by atoms with Crippen molar-refractivity contribution in [2.45, 2.75) is 33.2 Å². The molecule has 1 aromatic carbocycles. The van der Waals surface area contributed by atoms with Gasteiger partial charge in [0.05, 0.1) is 18.7 Å². The summed E-state index contributed by atoms with van der Waals surface area (Å²) in [5.74, 6) is 1.58. The fourth-order valence-electron chi connectivity index (χ4n) is 2.55. The lowest BCUT2D eigenvalue weighted by atomic mass is 9.92. The average molecular weight is 258 g/mol. The molecule has 0 radical (unpaired) electrons. The summed E-state index contributed by atoms with van der Waals surface area (Å²) in [6.45, 7) is 6.40. The number of nitrogens with zero attached hydrogens (tertiary/aromatic N) is 1. The van der Waals surface area contributed by atoms with E-state index < -0.39 is 0 Å². The molecule has 0 heterocycles. The first-order chi connectivity index (χ1) is 9.11. The van der Waals surface area contributed by atoms with E-state index in [0.717, 1.165) is 30.3 Å². The summed E-state index contributed by atoms with van der Waals surface area (Å²) in [5.41, 5.74) is 2.24. The third kappa shape index (κ3) is 3.08. The minimum absolute atomic E-state index is 0.500. The van der Waals surface area contributed by atoms with E-state index in [0.29, 0.717) is 11.0 Å². The van der Waals surface area contributed by atoms with Crippen LogP contribution in [-0.2, 0) is 6.54 Å². The van der Waals surface area contributed by atoms with Gasteiger partial charge in [0.2, 0.25) is 0 Å². The van der Waals surface area contributed by atoms with E-state index in [1.807, 2.05) is 12.1 Å². The van der Waals surface area contributed by atoms with Gasteiger partial charge in [-0.3, -0.25) is 0 Å². The first-order valence-electron chi connectivity index (χ1n) is 6.89. The van der Waals surface area contributed by atoms with Gasteiger partial charge in [-0.15, -0.1) is 0 Å². The number of methoxy groups -OCH3 is 1. The second-order valence-corrected chi connectivity index (χ2v) is 5.76. The Balaban J connectivity index is 1.97. The summed E-state index contributed by atoms with van der Waals surface area (Å²) >= 11 is 0. The number of hydrogen-bond acceptors (Lipinski definition) is 3. The van der Waals surface area contributed by atoms with E-state index in [-0.39, 0.29) is 0 Å². The second-order valence-electron chi connectivity index (χ2n) is 5.76. The van der Waals surface area contributed by atoms with Crippen LogP contribution in [0.25, 0.3) is 0 Å². The first-order valence-corrected chi connectivity index (χ1v) is 6.89. The zero-order valence-corrected chi connectivity index (χ0v) is 12.0. The standard InChI is InChI=1S/C16H22N2O/c1-12(2)16(6-7-16)11-18-10-14-8-13(9-17)4-5-15(14)19-3/h4-5,8,12,18H,6-7,10-11H2,1-3H3. The van der Waals surface area contributed by atoms with Gasteiger partial charge in [0.25, 0.3) is 0 Å². The quantitative estimate of drug-likeness (QED) is 0.852. The molecule has 3 heteroatoms. The first kappa shape index (κ1) is 13.9. The fourth-order valence-corrected chi connectivity index (χ4v) is 2.55. The summed E-state index contributed by atoms with van der Waals surface area (Å²) in [7, 11) is 1.67. The van der Waals surface area contributed by atoms with Crippen molar-refractivity contribution < 1.29 is 4.74 Å². The van der Waals surface area contributed by atoms with E-state index >= 15 is 0 Å². The number of benzene rings is 1. The number of nitrogens with one attached hydrogen (secondary N) is 1. The van der Waals surface area contributed by atoms with Gasteiger partial charge in [-0.25, -0.2) is 0 Å². The highest BCUT2D eigenvalue weighted by molar-refractivity contribution is 5.42. The Labute approximate surface area is 115 Å². The Hall–Kier alpha value is -1.53. The van der Waals surface area contributed by atoms with Crippen LogP contribution in [0.5, 0.6) is 5.75 Å². The van der Waals surface area contributed by atoms with Crippen molar-refractivity contribution in [3.05, 3.63) is 29.3 Å². The fraction of sp³-hybridized carbons (Fsp3) is 0.562. The predicted molar refractivity (Wildman–Crippen MR) is 75.9 cm³/mol. The SMILES string of the molecule is COc1ccc(C#N)cc1CNCC1(C(C)C)CC1. The maximum Gasteiger partial charge on any atom is 0.123 e. The van der Waals surface area contributed by atoms with Crippen LogP contribution >= 0.6 is 0 Å². The molecule has 3 nitrogen and oxygen atoms in total. The second kappa shape index (κ2) is 5.63. The molecule has 0 spiro atoms. The predicted octanol–water partition coefficient (Wildman–Crippen LogP) is 3.09. The highest BCUT2D eigenvalue weighted by atomic mass is 16.5. The zero-order valence-electron chi connectivity index (χ0n) is 12.0. The molecule has 0 amide bonds. The summed E-state index contributed by atoms with van der Waals surface area (Å²) in [6.07, 6.45) is 2.65. The normalized spacial score (nSPS) is 16.2. The maximum absolute atomic E-state index is 8.95. The van der Waals surface area contributed by atoms with E-state index in [2.05, 4.69) is 25.2 Å². The minimum Gasteiger partial charge on any atom is -0.496 e. The van der Waals surface area contributed by atoms with Crippen LogP contribution in [-0.4, -0.2) is 13.7 Å². The average Bonchev–Trinajstić information content (AvgIpc) is 3.20. The lowest BCUT2D eigenvalue weighted by Gasteiger charge is -2.20. The van der Waals surface area contributed by atoms with E-state index in [4.69, 9.17) is 10.00 Å². The van der Waals surface area contributed by atoms with Crippen molar-refractivity contribution in [1.29, 1.82) is 5.26 Å². The third-order valence-corrected chi connectivity index (χ3v) is 4.32. The number of ether oxygens (including phenoxy) is 1. The third-order valence-electron chi connectivity index (χ3n) is 4.32. The smallest absolute Gasteiger partial charge is 0.123 e. The van der Waals surface area contributed by atoms with Crippen molar-refractivity contribution in [2.75, 3.05) is 13.7 Å². The molecular weight excluding hydrogens is 236 g/mol. The maximum atomic E-state index is 8.95. The highest BCUT2D eigenvalue weighted by Gasteiger charge is 2.44. The largest absolute Gasteiger partial charge is 0.496 e. The van der Waals surface area contributed by atoms with Crippen LogP contribution < -0.4 is 10.1 Å². The number of hydrogen-bond donors (Lipinski definition) is 1. The van der Waals surface area contributed by atoms with Crippen molar-refractivity contribution in [1.82, 2.24) is 5.32 Å². The molecule has 1 fully saturated rings. The number of rotatable bonds is 6. The molecule has 0 aromatic heterocycles. The molecule has 0 atom stereocenters. The van der Waals surface area contributed by atoms with Crippen LogP contribution in [0.15, 0.2) is 18.2 Å². The monoisotopic (exact) mass is 258 g/mol. The molecule has 1 aliphatic carbocycles. The lowest BCUT2D eigenvalue weighted by Crippen LogP contribution is -2.27. The van der Waals surface area contributed by atoms with Crippen molar-refractivity contribution in [3.63, 3.8) is 0 Å². The zero-order chi connectivity index (χ0) is 13.9. The Kier molecular flexibility index (Phi) is 4.11. The van der Waals surface area contributed by atoms with E-state index in [1.165, 1.54) is 12.8 Å². The van der Waals surface area contributed by atoms with Crippen molar-refractivity contribution in [2.24, 2.45) is 11.3 Å². The summed E-state index contributed by atoms with van der Waals surface area (Å²) < 4.78 is 5.34. The summed E-state index contributed by atoms with van der Waals surface area (Å²) in [5, 5.41) is 12.5. The minimum atomic E-state index is 0.500. The Morgan fingerprint density at radius 2 is 2.16 bits per heavy atom. The Bertz CT molecular complexity index is 484. The molecule has 19 heavy (non-hydrogen) atoms. The lowest BCUT2D eigenvalue weighted by molar-refractivity contribution is 0.336. The molecule has 1 saturated carbocycles. The van der Waals surface area contributed by atoms with E-state index in [9.17, 15) is 0 Å². The highest BCUT2D eigenvalue weighted by Crippen LogP contribution is 2.51. The molecule has 2 rings (SSSR count). The van der Waals surface area contributed by atoms with Gasteiger partial charge in [-0.05, 0) is 42.4 Å². The Morgan fingerprint density at radius 1 is 1.42 bits per heavy atom. The molecular formula is C16H22N2O. The van der Waals surface area contributed by atoms with Gasteiger partial charge in [0.1, 0.15) is 5.75 Å². The molecule has 1 aromatic rings. The topological polar surface area (TPSA) is 45.0 Å². The van der Waals surface area contributed by atoms with Crippen LogP contribution in [0.2, 0.25) is 0 Å². The van der Waals surface area contributed by atoms with Gasteiger partial charge in [0, 0.05) is 18.7 Å². The Morgan fingerprint density at radius 3 is 2.68 bits per heavy atom. The van der Waals surface area contributed by atoms with Crippen LogP contribution in [0.4, 0.5) is 0 Å². The molecule has 0 saturated heterocycles.